The third kappa shape index (κ3) is 2.32. The van der Waals surface area contributed by atoms with Crippen LogP contribution in [0.5, 0.6) is 0 Å². The Morgan fingerprint density at radius 2 is 1.59 bits per heavy atom. The summed E-state index contributed by atoms with van der Waals surface area (Å²) in [6.45, 7) is 0. The minimum atomic E-state index is -0.470. The standard InChI is InChI=1S/C21H12N4O2/c22-10-17-19(12-5-7-14(8-6-12)25(26)27)16-9-13-3-1-2-4-15(13)20(16)18(11-23)21(17)24/h1-8H,9,24H2. The van der Waals surface area contributed by atoms with Gasteiger partial charge in [0.05, 0.1) is 21.7 Å². The van der Waals surface area contributed by atoms with Crippen molar-refractivity contribution in [2.45, 2.75) is 6.42 Å². The van der Waals surface area contributed by atoms with Crippen LogP contribution < -0.4 is 5.73 Å². The van der Waals surface area contributed by atoms with Crippen molar-refractivity contribution in [3.05, 3.63) is 80.9 Å². The molecule has 3 aromatic carbocycles. The van der Waals surface area contributed by atoms with Gasteiger partial charge in [-0.1, -0.05) is 24.3 Å². The van der Waals surface area contributed by atoms with Gasteiger partial charge in [0.1, 0.15) is 12.1 Å². The van der Waals surface area contributed by atoms with E-state index in [1.165, 1.54) is 12.1 Å². The topological polar surface area (TPSA) is 117 Å². The van der Waals surface area contributed by atoms with Crippen LogP contribution in [0.1, 0.15) is 22.3 Å². The quantitative estimate of drug-likeness (QED) is 0.330. The van der Waals surface area contributed by atoms with Crippen molar-refractivity contribution >= 4 is 11.4 Å². The molecule has 0 atom stereocenters. The maximum absolute atomic E-state index is 10.9. The Hall–Kier alpha value is -4.16. The highest BCUT2D eigenvalue weighted by Crippen LogP contribution is 2.47. The Labute approximate surface area is 154 Å². The first kappa shape index (κ1) is 16.3. The zero-order valence-corrected chi connectivity index (χ0v) is 14.1. The minimum absolute atomic E-state index is 0.0289. The lowest BCUT2D eigenvalue weighted by Crippen LogP contribution is -2.03. The molecule has 4 rings (SSSR count). The van der Waals surface area contributed by atoms with Crippen LogP contribution in [0.3, 0.4) is 0 Å². The van der Waals surface area contributed by atoms with Crippen molar-refractivity contribution < 1.29 is 4.92 Å². The maximum atomic E-state index is 10.9. The molecule has 6 nitrogen and oxygen atoms in total. The molecule has 0 fully saturated rings. The fourth-order valence-corrected chi connectivity index (χ4v) is 3.70. The van der Waals surface area contributed by atoms with E-state index in [-0.39, 0.29) is 16.9 Å². The first-order chi connectivity index (χ1) is 13.1. The summed E-state index contributed by atoms with van der Waals surface area (Å²) in [5.74, 6) is 0. The highest BCUT2D eigenvalue weighted by molar-refractivity contribution is 5.96. The van der Waals surface area contributed by atoms with Gasteiger partial charge in [-0.05, 0) is 40.8 Å². The number of hydrogen-bond donors (Lipinski definition) is 1. The lowest BCUT2D eigenvalue weighted by atomic mass is 9.87. The normalized spacial score (nSPS) is 11.2. The molecule has 0 saturated carbocycles. The summed E-state index contributed by atoms with van der Waals surface area (Å²) in [6.07, 6.45) is 0.571. The van der Waals surface area contributed by atoms with E-state index < -0.39 is 4.92 Å². The van der Waals surface area contributed by atoms with E-state index in [1.54, 1.807) is 12.1 Å². The van der Waals surface area contributed by atoms with Gasteiger partial charge >= 0.3 is 0 Å². The van der Waals surface area contributed by atoms with Gasteiger partial charge in [0.2, 0.25) is 0 Å². The Balaban J connectivity index is 2.07. The van der Waals surface area contributed by atoms with Crippen LogP contribution in [0, 0.1) is 32.8 Å². The van der Waals surface area contributed by atoms with Crippen LogP contribution in [0.25, 0.3) is 22.3 Å². The van der Waals surface area contributed by atoms with Crippen LogP contribution in [0.15, 0.2) is 48.5 Å². The predicted molar refractivity (Wildman–Crippen MR) is 101 cm³/mol. The van der Waals surface area contributed by atoms with Crippen molar-refractivity contribution in [2.24, 2.45) is 0 Å². The highest BCUT2D eigenvalue weighted by Gasteiger charge is 2.30. The predicted octanol–water partition coefficient (Wildman–Crippen LogP) is 4.16. The summed E-state index contributed by atoms with van der Waals surface area (Å²) in [4.78, 5) is 10.5. The Morgan fingerprint density at radius 1 is 0.963 bits per heavy atom. The molecule has 0 aromatic heterocycles. The fourth-order valence-electron chi connectivity index (χ4n) is 3.70. The molecule has 1 aliphatic rings. The maximum Gasteiger partial charge on any atom is 0.269 e. The van der Waals surface area contributed by atoms with E-state index in [1.807, 2.05) is 24.3 Å². The number of non-ortho nitro benzene ring substituents is 1. The number of anilines is 1. The SMILES string of the molecule is N#Cc1c(N)c(C#N)c2c(c1-c1ccc([N+](=O)[O-])cc1)Cc1ccccc1-2. The third-order valence-electron chi connectivity index (χ3n) is 4.89. The van der Waals surface area contributed by atoms with Gasteiger partial charge in [-0.3, -0.25) is 10.1 Å². The molecule has 1 aliphatic carbocycles. The molecule has 0 saturated heterocycles. The monoisotopic (exact) mass is 352 g/mol. The number of nitro groups is 1. The molecule has 0 amide bonds. The van der Waals surface area contributed by atoms with Crippen LogP contribution >= 0.6 is 0 Å². The number of nitrogen functional groups attached to an aromatic ring is 1. The Bertz CT molecular complexity index is 1200. The summed E-state index contributed by atoms with van der Waals surface area (Å²) in [5.41, 5.74) is 11.7. The average molecular weight is 352 g/mol. The summed E-state index contributed by atoms with van der Waals surface area (Å²) < 4.78 is 0. The van der Waals surface area contributed by atoms with Gasteiger partial charge in [0.15, 0.2) is 0 Å². The number of benzene rings is 3. The van der Waals surface area contributed by atoms with Gasteiger partial charge in [0.25, 0.3) is 5.69 Å². The van der Waals surface area contributed by atoms with Gasteiger partial charge in [-0.2, -0.15) is 10.5 Å². The molecular weight excluding hydrogens is 340 g/mol. The first-order valence-corrected chi connectivity index (χ1v) is 8.18. The number of nitrogens with zero attached hydrogens (tertiary/aromatic N) is 3. The van der Waals surface area contributed by atoms with E-state index in [4.69, 9.17) is 5.73 Å². The van der Waals surface area contributed by atoms with Crippen LogP contribution in [-0.2, 0) is 6.42 Å². The molecule has 0 bridgehead atoms. The number of rotatable bonds is 2. The number of fused-ring (bicyclic) bond motifs is 3. The molecule has 0 unspecified atom stereocenters. The van der Waals surface area contributed by atoms with Crippen LogP contribution in [0.4, 0.5) is 11.4 Å². The zero-order chi connectivity index (χ0) is 19.1. The van der Waals surface area contributed by atoms with E-state index in [9.17, 15) is 20.6 Å². The van der Waals surface area contributed by atoms with E-state index >= 15 is 0 Å². The minimum Gasteiger partial charge on any atom is -0.397 e. The summed E-state index contributed by atoms with van der Waals surface area (Å²) in [6, 6.07) is 18.0. The summed E-state index contributed by atoms with van der Waals surface area (Å²) in [5, 5.41) is 30.3. The molecule has 0 heterocycles. The lowest BCUT2D eigenvalue weighted by Gasteiger charge is -2.16. The van der Waals surface area contributed by atoms with E-state index in [0.29, 0.717) is 23.1 Å². The van der Waals surface area contributed by atoms with Crippen molar-refractivity contribution in [1.82, 2.24) is 0 Å². The number of nitrogens with two attached hydrogens (primary N) is 1. The Kier molecular flexibility index (Phi) is 3.61. The molecule has 6 heteroatoms. The second-order valence-electron chi connectivity index (χ2n) is 6.25. The van der Waals surface area contributed by atoms with Gasteiger partial charge in [-0.25, -0.2) is 0 Å². The highest BCUT2D eigenvalue weighted by atomic mass is 16.6. The fraction of sp³-hybridized carbons (Fsp3) is 0.0476. The molecule has 27 heavy (non-hydrogen) atoms. The molecular formula is C21H12N4O2. The number of nitro benzene ring substituents is 1. The van der Waals surface area contributed by atoms with Gasteiger partial charge in [0, 0.05) is 23.3 Å². The molecule has 2 N–H and O–H groups in total. The van der Waals surface area contributed by atoms with Crippen LogP contribution in [-0.4, -0.2) is 4.92 Å². The average Bonchev–Trinajstić information content (AvgIpc) is 3.06. The summed E-state index contributed by atoms with van der Waals surface area (Å²) >= 11 is 0. The van der Waals surface area contributed by atoms with E-state index in [2.05, 4.69) is 12.1 Å². The molecule has 3 aromatic rings. The van der Waals surface area contributed by atoms with Gasteiger partial charge in [-0.15, -0.1) is 0 Å². The molecule has 0 spiro atoms. The van der Waals surface area contributed by atoms with E-state index in [0.717, 1.165) is 22.3 Å². The zero-order valence-electron chi connectivity index (χ0n) is 14.1. The Morgan fingerprint density at radius 3 is 2.22 bits per heavy atom. The third-order valence-corrected chi connectivity index (χ3v) is 4.89. The van der Waals surface area contributed by atoms with Crippen molar-refractivity contribution in [1.29, 1.82) is 10.5 Å². The smallest absolute Gasteiger partial charge is 0.269 e. The summed E-state index contributed by atoms with van der Waals surface area (Å²) in [7, 11) is 0. The lowest BCUT2D eigenvalue weighted by molar-refractivity contribution is -0.384. The van der Waals surface area contributed by atoms with Crippen molar-refractivity contribution in [2.75, 3.05) is 5.73 Å². The second kappa shape index (κ2) is 5.98. The first-order valence-electron chi connectivity index (χ1n) is 8.18. The van der Waals surface area contributed by atoms with Gasteiger partial charge < -0.3 is 5.73 Å². The van der Waals surface area contributed by atoms with Crippen LogP contribution in [0.2, 0.25) is 0 Å². The number of nitriles is 2. The molecule has 0 aliphatic heterocycles. The largest absolute Gasteiger partial charge is 0.397 e. The molecule has 128 valence electrons. The van der Waals surface area contributed by atoms with Crippen molar-refractivity contribution in [3.63, 3.8) is 0 Å². The number of hydrogen-bond acceptors (Lipinski definition) is 5. The molecule has 0 radical (unpaired) electrons. The second-order valence-corrected chi connectivity index (χ2v) is 6.25. The van der Waals surface area contributed by atoms with Crippen molar-refractivity contribution in [3.8, 4) is 34.4 Å².